The summed E-state index contributed by atoms with van der Waals surface area (Å²) < 4.78 is 5.89. The number of aromatic nitrogens is 2. The zero-order valence-electron chi connectivity index (χ0n) is 17.0. The van der Waals surface area contributed by atoms with E-state index in [9.17, 15) is 4.79 Å². The number of carbonyl (C=O) groups excluding carboxylic acids is 1. The van der Waals surface area contributed by atoms with Crippen LogP contribution < -0.4 is 0 Å². The monoisotopic (exact) mass is 392 g/mol. The van der Waals surface area contributed by atoms with E-state index < -0.39 is 6.10 Å². The van der Waals surface area contributed by atoms with Crippen molar-refractivity contribution in [2.75, 3.05) is 33.3 Å². The molecule has 1 fully saturated rings. The van der Waals surface area contributed by atoms with Gasteiger partial charge < -0.3 is 14.5 Å². The standard InChI is InChI=1S/C23H28N4O2/c1-26-10-6-17(7-11-26)22-24-14-18-15-27(12-8-20(18)25-22)23(28)21-19-5-3-2-4-16(19)9-13-29-21/h2-5,14,17,21H,6-13,15H2,1H3/t21-/m1/s1. The molecular weight excluding hydrogens is 364 g/mol. The third kappa shape index (κ3) is 3.67. The molecule has 29 heavy (non-hydrogen) atoms. The van der Waals surface area contributed by atoms with Crippen LogP contribution >= 0.6 is 0 Å². The number of amides is 1. The molecule has 1 amide bonds. The molecule has 0 saturated carbocycles. The van der Waals surface area contributed by atoms with Crippen LogP contribution in [0, 0.1) is 0 Å². The number of hydrogen-bond donors (Lipinski definition) is 0. The summed E-state index contributed by atoms with van der Waals surface area (Å²) >= 11 is 0. The molecule has 1 saturated heterocycles. The molecule has 5 rings (SSSR count). The van der Waals surface area contributed by atoms with Crippen molar-refractivity contribution in [3.8, 4) is 0 Å². The minimum atomic E-state index is -0.485. The maximum absolute atomic E-state index is 13.2. The molecule has 6 nitrogen and oxygen atoms in total. The Balaban J connectivity index is 1.31. The predicted molar refractivity (Wildman–Crippen MR) is 109 cm³/mol. The van der Waals surface area contributed by atoms with Crippen molar-refractivity contribution in [3.05, 3.63) is 58.7 Å². The second-order valence-corrected chi connectivity index (χ2v) is 8.49. The van der Waals surface area contributed by atoms with E-state index in [0.29, 0.717) is 25.6 Å². The first-order valence-electron chi connectivity index (χ1n) is 10.7. The van der Waals surface area contributed by atoms with Crippen LogP contribution in [0.4, 0.5) is 0 Å². The van der Waals surface area contributed by atoms with Crippen molar-refractivity contribution >= 4 is 5.91 Å². The summed E-state index contributed by atoms with van der Waals surface area (Å²) in [5.74, 6) is 1.51. The average Bonchev–Trinajstić information content (AvgIpc) is 2.78. The van der Waals surface area contributed by atoms with Crippen LogP contribution in [0.25, 0.3) is 0 Å². The Kier molecular flexibility index (Phi) is 5.06. The minimum Gasteiger partial charge on any atom is -0.363 e. The molecule has 3 aliphatic heterocycles. The van der Waals surface area contributed by atoms with E-state index in [4.69, 9.17) is 9.72 Å². The molecule has 0 spiro atoms. The first-order valence-corrected chi connectivity index (χ1v) is 10.7. The molecule has 2 aromatic rings. The summed E-state index contributed by atoms with van der Waals surface area (Å²) in [5.41, 5.74) is 4.43. The number of fused-ring (bicyclic) bond motifs is 2. The second kappa shape index (κ2) is 7.84. The van der Waals surface area contributed by atoms with Crippen molar-refractivity contribution in [1.29, 1.82) is 0 Å². The first-order chi connectivity index (χ1) is 14.2. The van der Waals surface area contributed by atoms with Crippen LogP contribution in [0.1, 0.15) is 53.1 Å². The Morgan fingerprint density at radius 3 is 2.79 bits per heavy atom. The number of carbonyl (C=O) groups is 1. The summed E-state index contributed by atoms with van der Waals surface area (Å²) in [6.45, 7) is 4.08. The Labute approximate surface area is 171 Å². The summed E-state index contributed by atoms with van der Waals surface area (Å²) in [6, 6.07) is 8.13. The Hall–Kier alpha value is -2.31. The molecule has 3 aliphatic rings. The lowest BCUT2D eigenvalue weighted by Crippen LogP contribution is -2.41. The van der Waals surface area contributed by atoms with Gasteiger partial charge in [0, 0.05) is 37.2 Å². The number of piperidine rings is 1. The number of nitrogens with zero attached hydrogens (tertiary/aromatic N) is 4. The van der Waals surface area contributed by atoms with E-state index in [2.05, 4.69) is 23.0 Å². The second-order valence-electron chi connectivity index (χ2n) is 8.49. The van der Waals surface area contributed by atoms with Gasteiger partial charge in [-0.05, 0) is 50.5 Å². The Morgan fingerprint density at radius 2 is 1.93 bits per heavy atom. The third-order valence-corrected chi connectivity index (χ3v) is 6.57. The number of rotatable bonds is 2. The van der Waals surface area contributed by atoms with Gasteiger partial charge in [-0.25, -0.2) is 9.97 Å². The van der Waals surface area contributed by atoms with Gasteiger partial charge in [0.2, 0.25) is 0 Å². The van der Waals surface area contributed by atoms with Gasteiger partial charge in [-0.15, -0.1) is 0 Å². The lowest BCUT2D eigenvalue weighted by Gasteiger charge is -2.34. The van der Waals surface area contributed by atoms with E-state index in [1.54, 1.807) is 0 Å². The Bertz CT molecular complexity index is 908. The zero-order valence-corrected chi connectivity index (χ0v) is 17.0. The average molecular weight is 393 g/mol. The van der Waals surface area contributed by atoms with Crippen molar-refractivity contribution in [2.24, 2.45) is 0 Å². The zero-order chi connectivity index (χ0) is 19.8. The lowest BCUT2D eigenvalue weighted by molar-refractivity contribution is -0.146. The fourth-order valence-corrected chi connectivity index (χ4v) is 4.75. The van der Waals surface area contributed by atoms with Crippen molar-refractivity contribution in [2.45, 2.75) is 44.2 Å². The van der Waals surface area contributed by atoms with Crippen LogP contribution in [0.2, 0.25) is 0 Å². The number of ether oxygens (including phenoxy) is 1. The fourth-order valence-electron chi connectivity index (χ4n) is 4.75. The predicted octanol–water partition coefficient (Wildman–Crippen LogP) is 2.48. The summed E-state index contributed by atoms with van der Waals surface area (Å²) in [6.07, 6.45) is 5.37. The molecule has 0 unspecified atom stereocenters. The van der Waals surface area contributed by atoms with Crippen LogP contribution in [0.3, 0.4) is 0 Å². The van der Waals surface area contributed by atoms with Crippen LogP contribution in [0.5, 0.6) is 0 Å². The highest BCUT2D eigenvalue weighted by Crippen LogP contribution is 2.31. The topological polar surface area (TPSA) is 58.6 Å². The fraction of sp³-hybridized carbons (Fsp3) is 0.522. The van der Waals surface area contributed by atoms with Gasteiger partial charge >= 0.3 is 0 Å². The molecule has 0 N–H and O–H groups in total. The number of likely N-dealkylation sites (tertiary alicyclic amines) is 1. The van der Waals surface area contributed by atoms with Crippen molar-refractivity contribution in [1.82, 2.24) is 19.8 Å². The largest absolute Gasteiger partial charge is 0.363 e. The van der Waals surface area contributed by atoms with Crippen LogP contribution in [-0.2, 0) is 28.9 Å². The van der Waals surface area contributed by atoms with Gasteiger partial charge in [0.25, 0.3) is 5.91 Å². The quantitative estimate of drug-likeness (QED) is 0.786. The molecule has 6 heteroatoms. The van der Waals surface area contributed by atoms with Gasteiger partial charge in [0.15, 0.2) is 6.10 Å². The molecule has 0 bridgehead atoms. The molecule has 1 aromatic heterocycles. The van der Waals surface area contributed by atoms with Gasteiger partial charge in [-0.3, -0.25) is 4.79 Å². The minimum absolute atomic E-state index is 0.0576. The maximum atomic E-state index is 13.2. The highest BCUT2D eigenvalue weighted by molar-refractivity contribution is 5.83. The van der Waals surface area contributed by atoms with Gasteiger partial charge in [-0.2, -0.15) is 0 Å². The molecule has 152 valence electrons. The van der Waals surface area contributed by atoms with Crippen molar-refractivity contribution < 1.29 is 9.53 Å². The molecule has 0 aliphatic carbocycles. The highest BCUT2D eigenvalue weighted by Gasteiger charge is 2.33. The van der Waals surface area contributed by atoms with E-state index in [-0.39, 0.29) is 5.91 Å². The molecular formula is C23H28N4O2. The maximum Gasteiger partial charge on any atom is 0.256 e. The van der Waals surface area contributed by atoms with Crippen molar-refractivity contribution in [3.63, 3.8) is 0 Å². The number of benzene rings is 1. The van der Waals surface area contributed by atoms with Gasteiger partial charge in [0.05, 0.1) is 12.3 Å². The Morgan fingerprint density at radius 1 is 1.10 bits per heavy atom. The molecule has 1 atom stereocenters. The van der Waals surface area contributed by atoms with Gasteiger partial charge in [0.1, 0.15) is 5.82 Å². The SMILES string of the molecule is CN1CCC(c2ncc3c(n2)CCN(C(=O)[C@@H]2OCCc4ccccc42)C3)CC1. The normalized spacial score (nSPS) is 22.8. The molecule has 0 radical (unpaired) electrons. The third-order valence-electron chi connectivity index (χ3n) is 6.57. The highest BCUT2D eigenvalue weighted by atomic mass is 16.5. The molecule has 4 heterocycles. The van der Waals surface area contributed by atoms with Crippen LogP contribution in [0.15, 0.2) is 30.5 Å². The number of hydrogen-bond acceptors (Lipinski definition) is 5. The molecule has 1 aromatic carbocycles. The van der Waals surface area contributed by atoms with E-state index >= 15 is 0 Å². The van der Waals surface area contributed by atoms with E-state index in [1.165, 1.54) is 5.56 Å². The van der Waals surface area contributed by atoms with Crippen LogP contribution in [-0.4, -0.2) is 59.0 Å². The van der Waals surface area contributed by atoms with E-state index in [0.717, 1.165) is 61.4 Å². The summed E-state index contributed by atoms with van der Waals surface area (Å²) in [7, 11) is 2.17. The lowest BCUT2D eigenvalue weighted by atomic mass is 9.95. The summed E-state index contributed by atoms with van der Waals surface area (Å²) in [5, 5.41) is 0. The van der Waals surface area contributed by atoms with Gasteiger partial charge in [-0.1, -0.05) is 24.3 Å². The van der Waals surface area contributed by atoms with E-state index in [1.807, 2.05) is 29.3 Å². The first kappa shape index (κ1) is 18.7. The smallest absolute Gasteiger partial charge is 0.256 e. The summed E-state index contributed by atoms with van der Waals surface area (Å²) in [4.78, 5) is 27.1.